The number of carbonyl (C=O) groups is 2. The van der Waals surface area contributed by atoms with Crippen LogP contribution in [0.1, 0.15) is 26.7 Å². The molecule has 0 fully saturated rings. The predicted molar refractivity (Wildman–Crippen MR) is 55.5 cm³/mol. The fourth-order valence-corrected chi connectivity index (χ4v) is 1.06. The van der Waals surface area contributed by atoms with Crippen LogP contribution < -0.4 is 5.32 Å². The Kier molecular flexibility index (Phi) is 7.62. The van der Waals surface area contributed by atoms with Crippen LogP contribution in [0.4, 0.5) is 0 Å². The predicted octanol–water partition coefficient (Wildman–Crippen LogP) is 0.640. The summed E-state index contributed by atoms with van der Waals surface area (Å²) in [5.41, 5.74) is 0. The minimum Gasteiger partial charge on any atom is -0.481 e. The Morgan fingerprint density at radius 3 is 2.67 bits per heavy atom. The Morgan fingerprint density at radius 2 is 2.13 bits per heavy atom. The van der Waals surface area contributed by atoms with Crippen molar-refractivity contribution in [2.75, 3.05) is 19.8 Å². The van der Waals surface area contributed by atoms with Crippen LogP contribution in [0.15, 0.2) is 0 Å². The van der Waals surface area contributed by atoms with Gasteiger partial charge < -0.3 is 15.2 Å². The molecule has 1 unspecified atom stereocenters. The molecule has 0 saturated carbocycles. The number of rotatable bonds is 8. The van der Waals surface area contributed by atoms with E-state index in [1.165, 1.54) is 0 Å². The number of amides is 1. The zero-order valence-corrected chi connectivity index (χ0v) is 9.28. The summed E-state index contributed by atoms with van der Waals surface area (Å²) in [4.78, 5) is 21.5. The molecule has 1 atom stereocenters. The van der Waals surface area contributed by atoms with Crippen molar-refractivity contribution in [3.8, 4) is 0 Å². The Labute approximate surface area is 89.8 Å². The number of ether oxygens (including phenoxy) is 1. The van der Waals surface area contributed by atoms with Crippen molar-refractivity contribution in [1.82, 2.24) is 5.32 Å². The van der Waals surface area contributed by atoms with E-state index in [0.29, 0.717) is 26.2 Å². The van der Waals surface area contributed by atoms with Crippen LogP contribution in [0.3, 0.4) is 0 Å². The van der Waals surface area contributed by atoms with Gasteiger partial charge in [0, 0.05) is 26.0 Å². The molecule has 5 nitrogen and oxygen atoms in total. The van der Waals surface area contributed by atoms with Gasteiger partial charge in [-0.2, -0.15) is 0 Å². The van der Waals surface area contributed by atoms with Crippen molar-refractivity contribution in [1.29, 1.82) is 0 Å². The minimum atomic E-state index is -0.842. The van der Waals surface area contributed by atoms with Crippen LogP contribution in [-0.4, -0.2) is 36.7 Å². The summed E-state index contributed by atoms with van der Waals surface area (Å²) in [6.07, 6.45) is 0.402. The first-order valence-electron chi connectivity index (χ1n) is 5.12. The van der Waals surface area contributed by atoms with Crippen molar-refractivity contribution in [2.24, 2.45) is 5.92 Å². The molecule has 0 bridgehead atoms. The number of carbonyl (C=O) groups excluding carboxylic acids is 1. The van der Waals surface area contributed by atoms with E-state index in [1.807, 2.05) is 6.92 Å². The van der Waals surface area contributed by atoms with Crippen LogP contribution in [-0.2, 0) is 14.3 Å². The molecule has 0 aromatic rings. The number of hydrogen-bond acceptors (Lipinski definition) is 3. The normalized spacial score (nSPS) is 12.1. The van der Waals surface area contributed by atoms with Gasteiger partial charge in [0.25, 0.3) is 0 Å². The molecule has 88 valence electrons. The van der Waals surface area contributed by atoms with Crippen LogP contribution in [0.25, 0.3) is 0 Å². The maximum absolute atomic E-state index is 11.2. The van der Waals surface area contributed by atoms with Crippen molar-refractivity contribution >= 4 is 11.9 Å². The second kappa shape index (κ2) is 8.23. The van der Waals surface area contributed by atoms with Crippen molar-refractivity contribution in [3.05, 3.63) is 0 Å². The van der Waals surface area contributed by atoms with Gasteiger partial charge in [0.1, 0.15) is 0 Å². The van der Waals surface area contributed by atoms with E-state index in [1.54, 1.807) is 6.92 Å². The van der Waals surface area contributed by atoms with Crippen molar-refractivity contribution in [2.45, 2.75) is 26.7 Å². The van der Waals surface area contributed by atoms with Crippen molar-refractivity contribution in [3.63, 3.8) is 0 Å². The van der Waals surface area contributed by atoms with Crippen molar-refractivity contribution < 1.29 is 19.4 Å². The highest BCUT2D eigenvalue weighted by molar-refractivity contribution is 5.76. The molecule has 0 rings (SSSR count). The van der Waals surface area contributed by atoms with E-state index in [4.69, 9.17) is 9.84 Å². The molecule has 0 aromatic carbocycles. The van der Waals surface area contributed by atoms with E-state index in [2.05, 4.69) is 5.32 Å². The van der Waals surface area contributed by atoms with Gasteiger partial charge in [0.2, 0.25) is 5.91 Å². The third-order valence-electron chi connectivity index (χ3n) is 1.85. The molecule has 2 N–H and O–H groups in total. The van der Waals surface area contributed by atoms with Crippen LogP contribution in [0.2, 0.25) is 0 Å². The first-order valence-corrected chi connectivity index (χ1v) is 5.12. The zero-order valence-electron chi connectivity index (χ0n) is 9.28. The number of hydrogen-bond donors (Lipinski definition) is 2. The lowest BCUT2D eigenvalue weighted by Crippen LogP contribution is -2.29. The molecule has 0 aliphatic carbocycles. The molecular formula is C10H19NO4. The van der Waals surface area contributed by atoms with Gasteiger partial charge in [0.15, 0.2) is 0 Å². The molecule has 0 heterocycles. The van der Waals surface area contributed by atoms with Gasteiger partial charge >= 0.3 is 5.97 Å². The zero-order chi connectivity index (χ0) is 11.7. The molecule has 0 saturated heterocycles. The third-order valence-corrected chi connectivity index (χ3v) is 1.85. The number of carboxylic acid groups (broad SMARTS) is 1. The summed E-state index contributed by atoms with van der Waals surface area (Å²) in [7, 11) is 0. The average molecular weight is 217 g/mol. The average Bonchev–Trinajstić information content (AvgIpc) is 2.14. The molecular weight excluding hydrogens is 198 g/mol. The topological polar surface area (TPSA) is 75.6 Å². The fourth-order valence-electron chi connectivity index (χ4n) is 1.06. The molecule has 0 spiro atoms. The Bertz CT molecular complexity index is 206. The SMILES string of the molecule is CCOCCC(=O)NCC(C)CC(=O)O. The summed E-state index contributed by atoms with van der Waals surface area (Å²) < 4.78 is 5.02. The standard InChI is InChI=1S/C10H19NO4/c1-3-15-5-4-9(12)11-7-8(2)6-10(13)14/h8H,3-7H2,1-2H3,(H,11,12)(H,13,14). The first-order chi connectivity index (χ1) is 7.06. The molecule has 15 heavy (non-hydrogen) atoms. The van der Waals surface area contributed by atoms with Gasteiger partial charge in [-0.05, 0) is 12.8 Å². The van der Waals surface area contributed by atoms with Gasteiger partial charge in [-0.3, -0.25) is 9.59 Å². The Hall–Kier alpha value is -1.10. The quantitative estimate of drug-likeness (QED) is 0.585. The second-order valence-corrected chi connectivity index (χ2v) is 3.45. The highest BCUT2D eigenvalue weighted by Crippen LogP contribution is 1.99. The van der Waals surface area contributed by atoms with E-state index >= 15 is 0 Å². The lowest BCUT2D eigenvalue weighted by molar-refractivity contribution is -0.138. The number of aliphatic carboxylic acids is 1. The third kappa shape index (κ3) is 9.21. The molecule has 0 aromatic heterocycles. The summed E-state index contributed by atoms with van der Waals surface area (Å²) in [6.45, 7) is 5.07. The Balaban J connectivity index is 3.48. The lowest BCUT2D eigenvalue weighted by atomic mass is 10.1. The number of carboxylic acids is 1. The first kappa shape index (κ1) is 13.9. The van der Waals surface area contributed by atoms with Gasteiger partial charge in [-0.25, -0.2) is 0 Å². The largest absolute Gasteiger partial charge is 0.481 e. The minimum absolute atomic E-state index is 0.0430. The Morgan fingerprint density at radius 1 is 1.47 bits per heavy atom. The lowest BCUT2D eigenvalue weighted by Gasteiger charge is -2.10. The monoisotopic (exact) mass is 217 g/mol. The molecule has 0 aliphatic rings. The van der Waals surface area contributed by atoms with E-state index in [-0.39, 0.29) is 18.2 Å². The smallest absolute Gasteiger partial charge is 0.303 e. The summed E-state index contributed by atoms with van der Waals surface area (Å²) >= 11 is 0. The van der Waals surface area contributed by atoms with Crippen LogP contribution >= 0.6 is 0 Å². The molecule has 1 amide bonds. The van der Waals surface area contributed by atoms with E-state index in [9.17, 15) is 9.59 Å². The fraction of sp³-hybridized carbons (Fsp3) is 0.800. The summed E-state index contributed by atoms with van der Waals surface area (Å²) in [5.74, 6) is -0.981. The molecule has 5 heteroatoms. The van der Waals surface area contributed by atoms with Gasteiger partial charge in [-0.15, -0.1) is 0 Å². The maximum atomic E-state index is 11.2. The van der Waals surface area contributed by atoms with Crippen LogP contribution in [0.5, 0.6) is 0 Å². The molecule has 0 radical (unpaired) electrons. The van der Waals surface area contributed by atoms with Crippen LogP contribution in [0, 0.1) is 5.92 Å². The highest BCUT2D eigenvalue weighted by atomic mass is 16.5. The van der Waals surface area contributed by atoms with E-state index < -0.39 is 5.97 Å². The maximum Gasteiger partial charge on any atom is 0.303 e. The highest BCUT2D eigenvalue weighted by Gasteiger charge is 2.08. The summed E-state index contributed by atoms with van der Waals surface area (Å²) in [5, 5.41) is 11.2. The summed E-state index contributed by atoms with van der Waals surface area (Å²) in [6, 6.07) is 0. The molecule has 0 aliphatic heterocycles. The van der Waals surface area contributed by atoms with Gasteiger partial charge in [-0.1, -0.05) is 6.92 Å². The second-order valence-electron chi connectivity index (χ2n) is 3.45. The van der Waals surface area contributed by atoms with Gasteiger partial charge in [0.05, 0.1) is 6.61 Å². The van der Waals surface area contributed by atoms with E-state index in [0.717, 1.165) is 0 Å². The number of nitrogens with one attached hydrogen (secondary N) is 1.